The second kappa shape index (κ2) is 8.58. The molecule has 1 aromatic rings. The maximum Gasteiger partial charge on any atom is 0.280 e. The smallest absolute Gasteiger partial charge is 0.280 e. The lowest BCUT2D eigenvalue weighted by Crippen LogP contribution is -2.56. The molecule has 0 unspecified atom stereocenters. The number of thioether (sulfide) groups is 1. The third kappa shape index (κ3) is 5.00. The Morgan fingerprint density at radius 1 is 1.35 bits per heavy atom. The molecule has 6 nitrogen and oxygen atoms in total. The van der Waals surface area contributed by atoms with Crippen LogP contribution in [0.25, 0.3) is 0 Å². The summed E-state index contributed by atoms with van der Waals surface area (Å²) in [7, 11) is 0. The second-order valence-corrected chi connectivity index (χ2v) is 8.29. The van der Waals surface area contributed by atoms with Crippen LogP contribution in [-0.2, 0) is 15.3 Å². The minimum absolute atomic E-state index is 0.242. The number of primary amides is 1. The van der Waals surface area contributed by atoms with E-state index in [1.54, 1.807) is 6.92 Å². The summed E-state index contributed by atoms with van der Waals surface area (Å²) >= 11 is 1.14. The van der Waals surface area contributed by atoms with Gasteiger partial charge >= 0.3 is 0 Å². The summed E-state index contributed by atoms with van der Waals surface area (Å²) in [4.78, 5) is 38.5. The molecule has 0 aromatic heterocycles. The average Bonchev–Trinajstić information content (AvgIpc) is 2.71. The minimum atomic E-state index is -0.687. The highest BCUT2D eigenvalue weighted by Gasteiger charge is 2.42. The van der Waals surface area contributed by atoms with Gasteiger partial charge in [-0.25, -0.2) is 0 Å². The van der Waals surface area contributed by atoms with E-state index in [0.717, 1.165) is 30.2 Å². The molecule has 26 heavy (non-hydrogen) atoms. The molecular weight excluding hydrogens is 350 g/mol. The maximum atomic E-state index is 13.0. The number of rotatable bonds is 5. The number of hydrogen-bond donors (Lipinski definition) is 2. The van der Waals surface area contributed by atoms with Crippen molar-refractivity contribution in [3.8, 4) is 0 Å². The van der Waals surface area contributed by atoms with Crippen molar-refractivity contribution in [3.63, 3.8) is 0 Å². The van der Waals surface area contributed by atoms with Gasteiger partial charge in [0, 0.05) is 12.3 Å². The van der Waals surface area contributed by atoms with Crippen LogP contribution in [0.3, 0.4) is 0 Å². The summed E-state index contributed by atoms with van der Waals surface area (Å²) in [6.07, 6.45) is 1.54. The lowest BCUT2D eigenvalue weighted by molar-refractivity contribution is -0.141. The second-order valence-electron chi connectivity index (χ2n) is 7.34. The molecule has 1 saturated heterocycles. The Bertz CT molecular complexity index is 663. The summed E-state index contributed by atoms with van der Waals surface area (Å²) < 4.78 is 0. The maximum absolute atomic E-state index is 13.0. The molecule has 7 heteroatoms. The molecule has 1 aliphatic heterocycles. The highest BCUT2D eigenvalue weighted by molar-refractivity contribution is 8.12. The Balaban J connectivity index is 2.08. The molecule has 3 N–H and O–H groups in total. The van der Waals surface area contributed by atoms with Crippen molar-refractivity contribution in [2.24, 2.45) is 11.1 Å². The zero-order chi connectivity index (χ0) is 19.3. The Morgan fingerprint density at radius 2 is 2.00 bits per heavy atom. The molecular formula is C19H27N3O3S. The predicted octanol–water partition coefficient (Wildman–Crippen LogP) is 2.52. The number of nitrogens with one attached hydrogen (secondary N) is 1. The Labute approximate surface area is 158 Å². The summed E-state index contributed by atoms with van der Waals surface area (Å²) in [5, 5.41) is 2.63. The predicted molar refractivity (Wildman–Crippen MR) is 103 cm³/mol. The van der Waals surface area contributed by atoms with Gasteiger partial charge in [0.2, 0.25) is 11.8 Å². The van der Waals surface area contributed by atoms with Gasteiger partial charge in [-0.3, -0.25) is 14.4 Å². The molecule has 1 heterocycles. The number of nitrogens with zero attached hydrogens (tertiary/aromatic N) is 1. The quantitative estimate of drug-likeness (QED) is 0.825. The van der Waals surface area contributed by atoms with Gasteiger partial charge in [0.1, 0.15) is 12.1 Å². The first-order valence-electron chi connectivity index (χ1n) is 8.79. The summed E-state index contributed by atoms with van der Waals surface area (Å²) in [5.74, 6) is -0.246. The van der Waals surface area contributed by atoms with Crippen LogP contribution in [-0.4, -0.2) is 40.6 Å². The van der Waals surface area contributed by atoms with Gasteiger partial charge in [-0.2, -0.15) is 0 Å². The molecule has 2 atom stereocenters. The number of carbonyl (C=O) groups is 3. The van der Waals surface area contributed by atoms with Crippen LogP contribution < -0.4 is 11.1 Å². The van der Waals surface area contributed by atoms with E-state index in [-0.39, 0.29) is 11.1 Å². The van der Waals surface area contributed by atoms with Crippen LogP contribution in [0.15, 0.2) is 30.3 Å². The van der Waals surface area contributed by atoms with E-state index in [0.29, 0.717) is 12.3 Å². The van der Waals surface area contributed by atoms with Crippen LogP contribution >= 0.6 is 11.8 Å². The monoisotopic (exact) mass is 377 g/mol. The highest BCUT2D eigenvalue weighted by atomic mass is 32.2. The fourth-order valence-corrected chi connectivity index (χ4v) is 3.83. The van der Waals surface area contributed by atoms with Crippen molar-refractivity contribution in [2.45, 2.75) is 51.4 Å². The van der Waals surface area contributed by atoms with Crippen molar-refractivity contribution >= 4 is 28.8 Å². The molecule has 0 bridgehead atoms. The van der Waals surface area contributed by atoms with E-state index >= 15 is 0 Å². The Morgan fingerprint density at radius 3 is 2.62 bits per heavy atom. The zero-order valence-corrected chi connectivity index (χ0v) is 16.3. The third-order valence-corrected chi connectivity index (χ3v) is 5.74. The lowest BCUT2D eigenvalue weighted by atomic mass is 9.80. The number of nitrogens with two attached hydrogens (primary N) is 1. The fourth-order valence-electron chi connectivity index (χ4n) is 3.14. The standard InChI is InChI=1S/C19H27N3O3S/c1-13(16(20)23)22-11-7-10-19(2,3)15(17(22)24)21-18(25)26-12-14-8-5-4-6-9-14/h4-6,8-9,13,15H,7,10-12H2,1-3H3,(H2,20,23)(H,21,25)/t13-,15+/m0/s1. The van der Waals surface area contributed by atoms with Gasteiger partial charge in [0.25, 0.3) is 5.24 Å². The molecule has 0 spiro atoms. The van der Waals surface area contributed by atoms with Crippen molar-refractivity contribution < 1.29 is 14.4 Å². The van der Waals surface area contributed by atoms with Crippen LogP contribution in [0.4, 0.5) is 4.79 Å². The van der Waals surface area contributed by atoms with Gasteiger partial charge in [0.15, 0.2) is 0 Å². The third-order valence-electron chi connectivity index (χ3n) is 4.89. The van der Waals surface area contributed by atoms with Crippen molar-refractivity contribution in [1.82, 2.24) is 10.2 Å². The Hall–Kier alpha value is -2.02. The molecule has 0 saturated carbocycles. The first-order valence-corrected chi connectivity index (χ1v) is 9.78. The zero-order valence-electron chi connectivity index (χ0n) is 15.5. The largest absolute Gasteiger partial charge is 0.368 e. The SMILES string of the molecule is C[C@@H](C(N)=O)N1CCCC(C)(C)[C@H](NC(=O)SCc2ccccc2)C1=O. The van der Waals surface area contributed by atoms with E-state index in [1.165, 1.54) is 4.90 Å². The minimum Gasteiger partial charge on any atom is -0.368 e. The topological polar surface area (TPSA) is 92.5 Å². The van der Waals surface area contributed by atoms with E-state index < -0.39 is 23.4 Å². The van der Waals surface area contributed by atoms with Crippen LogP contribution in [0.5, 0.6) is 0 Å². The number of carbonyl (C=O) groups excluding carboxylic acids is 3. The average molecular weight is 378 g/mol. The molecule has 1 aliphatic rings. The van der Waals surface area contributed by atoms with Gasteiger partial charge in [-0.15, -0.1) is 0 Å². The number of likely N-dealkylation sites (tertiary alicyclic amines) is 1. The van der Waals surface area contributed by atoms with E-state index in [9.17, 15) is 14.4 Å². The van der Waals surface area contributed by atoms with E-state index in [2.05, 4.69) is 5.32 Å². The molecule has 1 fully saturated rings. The first kappa shape index (κ1) is 20.3. The molecule has 1 aromatic carbocycles. The van der Waals surface area contributed by atoms with Gasteiger partial charge in [-0.05, 0) is 30.7 Å². The highest BCUT2D eigenvalue weighted by Crippen LogP contribution is 2.32. The van der Waals surface area contributed by atoms with Crippen molar-refractivity contribution in [2.75, 3.05) is 6.54 Å². The molecule has 2 rings (SSSR count). The Kier molecular flexibility index (Phi) is 6.69. The van der Waals surface area contributed by atoms with E-state index in [4.69, 9.17) is 5.73 Å². The summed E-state index contributed by atoms with van der Waals surface area (Å²) in [6.45, 7) is 6.03. The summed E-state index contributed by atoms with van der Waals surface area (Å²) in [5.41, 5.74) is 6.03. The first-order chi connectivity index (χ1) is 12.2. The van der Waals surface area contributed by atoms with Crippen molar-refractivity contribution in [3.05, 3.63) is 35.9 Å². The van der Waals surface area contributed by atoms with Crippen LogP contribution in [0.1, 0.15) is 39.2 Å². The lowest BCUT2D eigenvalue weighted by Gasteiger charge is -2.34. The van der Waals surface area contributed by atoms with Crippen molar-refractivity contribution in [1.29, 1.82) is 0 Å². The molecule has 142 valence electrons. The van der Waals surface area contributed by atoms with Gasteiger partial charge in [0.05, 0.1) is 0 Å². The van der Waals surface area contributed by atoms with Gasteiger partial charge < -0.3 is 16.0 Å². The number of benzene rings is 1. The van der Waals surface area contributed by atoms with E-state index in [1.807, 2.05) is 44.2 Å². The number of hydrogen-bond acceptors (Lipinski definition) is 4. The summed E-state index contributed by atoms with van der Waals surface area (Å²) in [6, 6.07) is 8.32. The molecule has 0 aliphatic carbocycles. The van der Waals surface area contributed by atoms with Crippen LogP contribution in [0.2, 0.25) is 0 Å². The van der Waals surface area contributed by atoms with Gasteiger partial charge in [-0.1, -0.05) is 55.9 Å². The fraction of sp³-hybridized carbons (Fsp3) is 0.526. The molecule has 3 amide bonds. The molecule has 0 radical (unpaired) electrons. The normalized spacial score (nSPS) is 21.0. The number of amides is 3. The van der Waals surface area contributed by atoms with Crippen LogP contribution in [0, 0.1) is 5.41 Å².